The molecule has 0 radical (unpaired) electrons. The van der Waals surface area contributed by atoms with Crippen molar-refractivity contribution >= 4 is 0 Å². The van der Waals surface area contributed by atoms with E-state index in [1.807, 2.05) is 50.2 Å². The molecule has 0 nitrogen and oxygen atoms in total. The van der Waals surface area contributed by atoms with Crippen LogP contribution in [0.25, 0.3) is 0 Å². The molecule has 0 heteroatoms. The molecule has 1 aromatic rings. The van der Waals surface area contributed by atoms with Crippen LogP contribution in [0, 0.1) is 11.8 Å². The van der Waals surface area contributed by atoms with Gasteiger partial charge in [-0.1, -0.05) is 130 Å². The summed E-state index contributed by atoms with van der Waals surface area (Å²) in [6, 6.07) is 12.0. The zero-order valence-electron chi connectivity index (χ0n) is 17.4. The summed E-state index contributed by atoms with van der Waals surface area (Å²) in [6.07, 6.45) is 6.64. The second kappa shape index (κ2) is 26.8. The van der Waals surface area contributed by atoms with Gasteiger partial charge in [0.2, 0.25) is 0 Å². The van der Waals surface area contributed by atoms with Crippen molar-refractivity contribution in [3.8, 4) is 0 Å². The first kappa shape index (κ1) is 30.8. The van der Waals surface area contributed by atoms with Gasteiger partial charge in [-0.25, -0.2) is 0 Å². The summed E-state index contributed by atoms with van der Waals surface area (Å²) in [5.41, 5.74) is 1.39. The predicted molar refractivity (Wildman–Crippen MR) is 118 cm³/mol. The van der Waals surface area contributed by atoms with E-state index in [-0.39, 0.29) is 7.43 Å². The normalized spacial score (nSPS) is 15.8. The first-order valence-corrected chi connectivity index (χ1v) is 9.74. The Morgan fingerprint density at radius 3 is 1.21 bits per heavy atom. The molecule has 0 heterocycles. The zero-order chi connectivity index (χ0) is 18.5. The van der Waals surface area contributed by atoms with Crippen LogP contribution in [0.2, 0.25) is 0 Å². The number of rotatable bonds is 3. The lowest BCUT2D eigenvalue weighted by Crippen LogP contribution is -1.79. The molecule has 1 aliphatic rings. The Hall–Kier alpha value is -1.04. The molecular formula is C24H48. The molecule has 0 bridgehead atoms. The maximum Gasteiger partial charge on any atom is -0.0177 e. The van der Waals surface area contributed by atoms with Gasteiger partial charge in [0.1, 0.15) is 0 Å². The molecule has 1 aliphatic carbocycles. The minimum absolute atomic E-state index is 0. The Labute approximate surface area is 155 Å². The summed E-state index contributed by atoms with van der Waals surface area (Å²) in [5, 5.41) is 0. The maximum absolute atomic E-state index is 3.92. The first-order valence-electron chi connectivity index (χ1n) is 9.74. The molecule has 2 unspecified atom stereocenters. The van der Waals surface area contributed by atoms with Crippen LogP contribution < -0.4 is 0 Å². The van der Waals surface area contributed by atoms with Gasteiger partial charge in [-0.3, -0.25) is 0 Å². The van der Waals surface area contributed by atoms with Crippen molar-refractivity contribution in [2.45, 2.75) is 94.9 Å². The Balaban J connectivity index is -0.000000112. The van der Waals surface area contributed by atoms with Crippen LogP contribution in [-0.4, -0.2) is 0 Å². The molecule has 144 valence electrons. The SMILES string of the molecule is C.C=C(C)C1CC1CC.CC.CCC.CCCC.c1ccccc1. The van der Waals surface area contributed by atoms with Crippen LogP contribution in [0.3, 0.4) is 0 Å². The van der Waals surface area contributed by atoms with Crippen LogP contribution in [-0.2, 0) is 0 Å². The van der Waals surface area contributed by atoms with E-state index in [9.17, 15) is 0 Å². The molecule has 24 heavy (non-hydrogen) atoms. The van der Waals surface area contributed by atoms with E-state index in [2.05, 4.69) is 48.1 Å². The molecule has 2 rings (SSSR count). The van der Waals surface area contributed by atoms with Crippen molar-refractivity contribution in [2.75, 3.05) is 0 Å². The lowest BCUT2D eigenvalue weighted by Gasteiger charge is -1.91. The largest absolute Gasteiger partial charge is 0.0999 e. The highest BCUT2D eigenvalue weighted by Gasteiger charge is 2.35. The van der Waals surface area contributed by atoms with Crippen LogP contribution in [0.4, 0.5) is 0 Å². The molecule has 0 amide bonds. The van der Waals surface area contributed by atoms with E-state index in [1.54, 1.807) is 0 Å². The van der Waals surface area contributed by atoms with Gasteiger partial charge in [0, 0.05) is 0 Å². The Morgan fingerprint density at radius 2 is 1.12 bits per heavy atom. The molecule has 0 saturated heterocycles. The van der Waals surface area contributed by atoms with Crippen LogP contribution >= 0.6 is 0 Å². The van der Waals surface area contributed by atoms with Crippen LogP contribution in [0.1, 0.15) is 94.9 Å². The maximum atomic E-state index is 3.92. The molecule has 0 spiro atoms. The van der Waals surface area contributed by atoms with Crippen LogP contribution in [0.15, 0.2) is 48.6 Å². The number of unbranched alkanes of at least 4 members (excludes halogenated alkanes) is 1. The monoisotopic (exact) mass is 336 g/mol. The molecule has 2 atom stereocenters. The van der Waals surface area contributed by atoms with Crippen molar-refractivity contribution in [1.82, 2.24) is 0 Å². The van der Waals surface area contributed by atoms with Gasteiger partial charge in [-0.15, -0.1) is 0 Å². The van der Waals surface area contributed by atoms with Crippen molar-refractivity contribution in [3.05, 3.63) is 48.6 Å². The molecule has 1 fully saturated rings. The lowest BCUT2D eigenvalue weighted by atomic mass is 10.2. The summed E-state index contributed by atoms with van der Waals surface area (Å²) < 4.78 is 0. The number of hydrogen-bond acceptors (Lipinski definition) is 0. The summed E-state index contributed by atoms with van der Waals surface area (Å²) in [4.78, 5) is 0. The number of allylic oxidation sites excluding steroid dienone is 1. The Bertz CT molecular complexity index is 270. The van der Waals surface area contributed by atoms with E-state index in [1.165, 1.54) is 37.7 Å². The van der Waals surface area contributed by atoms with Gasteiger partial charge in [-0.2, -0.15) is 0 Å². The Kier molecular flexibility index (Phi) is 34.4. The van der Waals surface area contributed by atoms with Gasteiger partial charge >= 0.3 is 0 Å². The van der Waals surface area contributed by atoms with E-state index in [0.717, 1.165) is 11.8 Å². The fraction of sp³-hybridized carbons (Fsp3) is 0.667. The second-order valence-corrected chi connectivity index (χ2v) is 5.72. The molecular weight excluding hydrogens is 288 g/mol. The van der Waals surface area contributed by atoms with Gasteiger partial charge in [0.25, 0.3) is 0 Å². The van der Waals surface area contributed by atoms with E-state index < -0.39 is 0 Å². The summed E-state index contributed by atoms with van der Waals surface area (Å²) in [6.45, 7) is 20.9. The van der Waals surface area contributed by atoms with Crippen LogP contribution in [0.5, 0.6) is 0 Å². The minimum atomic E-state index is 0. The highest BCUT2D eigenvalue weighted by atomic mass is 14.4. The molecule has 1 aromatic carbocycles. The van der Waals surface area contributed by atoms with Gasteiger partial charge in [0.05, 0.1) is 0 Å². The fourth-order valence-corrected chi connectivity index (χ4v) is 1.69. The second-order valence-electron chi connectivity index (χ2n) is 5.72. The van der Waals surface area contributed by atoms with Crippen molar-refractivity contribution in [1.29, 1.82) is 0 Å². The standard InChI is InChI=1S/C8H14.C6H6.C4H10.C3H8.C2H6.CH4/c1-4-7-5-8(7)6(2)3;1-2-4-6-5-3-1;1-3-4-2;1-3-2;1-2;/h7-8H,2,4-5H2,1,3H3;1-6H;3-4H2,1-2H3;3H2,1-2H3;1-2H3;1H4. The van der Waals surface area contributed by atoms with Gasteiger partial charge in [0.15, 0.2) is 0 Å². The number of benzene rings is 1. The minimum Gasteiger partial charge on any atom is -0.0999 e. The lowest BCUT2D eigenvalue weighted by molar-refractivity contribution is 0.738. The van der Waals surface area contributed by atoms with Crippen molar-refractivity contribution in [2.24, 2.45) is 11.8 Å². The Morgan fingerprint density at radius 1 is 0.833 bits per heavy atom. The smallest absolute Gasteiger partial charge is 0.0177 e. The van der Waals surface area contributed by atoms with E-state index in [0.29, 0.717) is 0 Å². The molecule has 0 aromatic heterocycles. The van der Waals surface area contributed by atoms with Gasteiger partial charge in [-0.05, 0) is 25.2 Å². The molecule has 1 saturated carbocycles. The molecule has 0 N–H and O–H groups in total. The van der Waals surface area contributed by atoms with E-state index >= 15 is 0 Å². The quantitative estimate of drug-likeness (QED) is 0.482. The third-order valence-corrected chi connectivity index (χ3v) is 3.25. The predicted octanol–water partition coefficient (Wildman–Crippen LogP) is 9.18. The molecule has 0 aliphatic heterocycles. The van der Waals surface area contributed by atoms with E-state index in [4.69, 9.17) is 0 Å². The number of hydrogen-bond donors (Lipinski definition) is 0. The third kappa shape index (κ3) is 25.9. The fourth-order valence-electron chi connectivity index (χ4n) is 1.69. The average Bonchev–Trinajstić information content (AvgIpc) is 3.40. The topological polar surface area (TPSA) is 0 Å². The zero-order valence-corrected chi connectivity index (χ0v) is 17.4. The third-order valence-electron chi connectivity index (χ3n) is 3.25. The average molecular weight is 337 g/mol. The summed E-state index contributed by atoms with van der Waals surface area (Å²) >= 11 is 0. The van der Waals surface area contributed by atoms with Crippen molar-refractivity contribution < 1.29 is 0 Å². The summed E-state index contributed by atoms with van der Waals surface area (Å²) in [5.74, 6) is 1.88. The van der Waals surface area contributed by atoms with Crippen molar-refractivity contribution in [3.63, 3.8) is 0 Å². The highest BCUT2D eigenvalue weighted by molar-refractivity contribution is 5.08. The first-order chi connectivity index (χ1) is 11.1. The van der Waals surface area contributed by atoms with Gasteiger partial charge < -0.3 is 0 Å². The highest BCUT2D eigenvalue weighted by Crippen LogP contribution is 2.45. The summed E-state index contributed by atoms with van der Waals surface area (Å²) in [7, 11) is 0.